The van der Waals surface area contributed by atoms with Crippen LogP contribution in [-0.2, 0) is 34.3 Å². The third kappa shape index (κ3) is 7.66. The number of fused-ring (bicyclic) bond motifs is 1. The second kappa shape index (κ2) is 14.4. The molecule has 0 spiro atoms. The molecule has 0 fully saturated rings. The number of anilines is 4. The molecule has 5 rings (SSSR count). The van der Waals surface area contributed by atoms with E-state index in [1.165, 1.54) is 12.1 Å². The molecule has 4 aromatic rings. The Morgan fingerprint density at radius 1 is 1.02 bits per heavy atom. The van der Waals surface area contributed by atoms with E-state index in [1.54, 1.807) is 47.3 Å². The molecule has 3 heterocycles. The van der Waals surface area contributed by atoms with Gasteiger partial charge in [-0.15, -0.1) is 0 Å². The molecule has 250 valence electrons. The number of primary sulfonamides is 1. The van der Waals surface area contributed by atoms with Gasteiger partial charge in [-0.1, -0.05) is 23.5 Å². The van der Waals surface area contributed by atoms with Gasteiger partial charge in [0, 0.05) is 25.2 Å². The van der Waals surface area contributed by atoms with Crippen LogP contribution in [0.5, 0.6) is 17.2 Å². The van der Waals surface area contributed by atoms with Crippen LogP contribution in [0.15, 0.2) is 41.3 Å². The number of hydrogen-bond donors (Lipinski definition) is 3. The molecule has 2 aromatic carbocycles. The van der Waals surface area contributed by atoms with E-state index in [-0.39, 0.29) is 17.5 Å². The molecule has 0 aliphatic carbocycles. The standard InChI is InChI=1S/C31H37N7O7S2/c1-6-45-29(39)26-18(2)34-31(46-26)37-30-35-27(33-16-20-14-23(42-3)25(44-5)24(15-20)43-4)22-8-7-13-38(28(22)36-30)17-19-9-11-21(12-10-19)47(32,40)41/h9-12,14-15H,6-8,13,16-17H2,1-5H3,(H2,32,40,41)(H2,33,34,35,36,37). The number of rotatable bonds is 13. The van der Waals surface area contributed by atoms with Crippen LogP contribution >= 0.6 is 11.3 Å². The highest BCUT2D eigenvalue weighted by molar-refractivity contribution is 7.89. The van der Waals surface area contributed by atoms with Crippen molar-refractivity contribution in [3.05, 3.63) is 63.7 Å². The molecule has 14 nitrogen and oxygen atoms in total. The predicted octanol–water partition coefficient (Wildman–Crippen LogP) is 4.40. The van der Waals surface area contributed by atoms with Crippen molar-refractivity contribution < 1.29 is 32.2 Å². The first-order valence-electron chi connectivity index (χ1n) is 14.8. The number of sulfonamides is 1. The van der Waals surface area contributed by atoms with E-state index < -0.39 is 16.0 Å². The molecule has 1 aliphatic heterocycles. The van der Waals surface area contributed by atoms with Crippen LogP contribution in [0, 0.1) is 6.92 Å². The monoisotopic (exact) mass is 683 g/mol. The van der Waals surface area contributed by atoms with Gasteiger partial charge in [0.05, 0.1) is 38.5 Å². The summed E-state index contributed by atoms with van der Waals surface area (Å²) in [6.45, 7) is 5.34. The van der Waals surface area contributed by atoms with Crippen LogP contribution < -0.4 is 34.9 Å². The van der Waals surface area contributed by atoms with E-state index in [4.69, 9.17) is 34.1 Å². The van der Waals surface area contributed by atoms with E-state index >= 15 is 0 Å². The molecule has 4 N–H and O–H groups in total. The number of hydrogen-bond acceptors (Lipinski definition) is 14. The first-order valence-corrected chi connectivity index (χ1v) is 17.1. The maximum atomic E-state index is 12.4. The number of aromatic nitrogens is 3. The lowest BCUT2D eigenvalue weighted by atomic mass is 10.0. The van der Waals surface area contributed by atoms with Crippen LogP contribution in [0.4, 0.5) is 22.7 Å². The average Bonchev–Trinajstić information content (AvgIpc) is 3.42. The number of carbonyl (C=O) groups excluding carboxylic acids is 1. The number of aryl methyl sites for hydroxylation is 1. The molecule has 0 unspecified atom stereocenters. The highest BCUT2D eigenvalue weighted by Gasteiger charge is 2.25. The average molecular weight is 684 g/mol. The summed E-state index contributed by atoms with van der Waals surface area (Å²) in [6.07, 6.45) is 1.59. The fourth-order valence-electron chi connectivity index (χ4n) is 5.23. The van der Waals surface area contributed by atoms with Crippen LogP contribution in [0.1, 0.15) is 45.4 Å². The van der Waals surface area contributed by atoms with Gasteiger partial charge < -0.3 is 29.2 Å². The summed E-state index contributed by atoms with van der Waals surface area (Å²) < 4.78 is 45.2. The van der Waals surface area contributed by atoms with Crippen molar-refractivity contribution in [3.8, 4) is 17.2 Å². The second-order valence-corrected chi connectivity index (χ2v) is 13.1. The number of nitrogens with two attached hydrogens (primary N) is 1. The molecule has 16 heteroatoms. The number of nitrogens with one attached hydrogen (secondary N) is 2. The summed E-state index contributed by atoms with van der Waals surface area (Å²) in [5.74, 6) is 2.76. The number of methoxy groups -OCH3 is 3. The highest BCUT2D eigenvalue weighted by atomic mass is 32.2. The lowest BCUT2D eigenvalue weighted by molar-refractivity contribution is 0.0531. The summed E-state index contributed by atoms with van der Waals surface area (Å²) in [5.41, 5.74) is 3.23. The Morgan fingerprint density at radius 2 is 1.72 bits per heavy atom. The van der Waals surface area contributed by atoms with Gasteiger partial charge in [0.1, 0.15) is 16.5 Å². The van der Waals surface area contributed by atoms with Crippen molar-refractivity contribution in [1.82, 2.24) is 15.0 Å². The Labute approximate surface area is 277 Å². The van der Waals surface area contributed by atoms with Crippen molar-refractivity contribution in [2.45, 2.75) is 44.7 Å². The molecule has 0 atom stereocenters. The Bertz CT molecular complexity index is 1840. The second-order valence-electron chi connectivity index (χ2n) is 10.6. The van der Waals surface area contributed by atoms with Gasteiger partial charge in [-0.25, -0.2) is 23.3 Å². The van der Waals surface area contributed by atoms with Crippen molar-refractivity contribution in [2.75, 3.05) is 50.0 Å². The number of benzene rings is 2. The maximum absolute atomic E-state index is 12.4. The summed E-state index contributed by atoms with van der Waals surface area (Å²) in [5, 5.41) is 12.4. The predicted molar refractivity (Wildman–Crippen MR) is 179 cm³/mol. The molecule has 2 aromatic heterocycles. The third-order valence-corrected chi connectivity index (χ3v) is 9.41. The first kappa shape index (κ1) is 33.7. The van der Waals surface area contributed by atoms with Crippen LogP contribution in [0.3, 0.4) is 0 Å². The Balaban J connectivity index is 1.50. The Morgan fingerprint density at radius 3 is 2.34 bits per heavy atom. The Hall–Kier alpha value is -4.67. The van der Waals surface area contributed by atoms with Crippen molar-refractivity contribution in [1.29, 1.82) is 0 Å². The SMILES string of the molecule is CCOC(=O)c1sc(Nc2nc(NCc3cc(OC)c(OC)c(OC)c3)c3c(n2)N(Cc2ccc(S(N)(=O)=O)cc2)CCC3)nc1C. The summed E-state index contributed by atoms with van der Waals surface area (Å²) in [6, 6.07) is 10.2. The first-order chi connectivity index (χ1) is 22.5. The quantitative estimate of drug-likeness (QED) is 0.169. The van der Waals surface area contributed by atoms with Gasteiger partial charge in [0.15, 0.2) is 16.6 Å². The van der Waals surface area contributed by atoms with E-state index in [2.05, 4.69) is 20.5 Å². The number of nitrogens with zero attached hydrogens (tertiary/aromatic N) is 4. The molecule has 0 bridgehead atoms. The Kier molecular flexibility index (Phi) is 10.3. The molecule has 0 amide bonds. The van der Waals surface area contributed by atoms with Gasteiger partial charge in [-0.3, -0.25) is 5.32 Å². The minimum absolute atomic E-state index is 0.0494. The minimum Gasteiger partial charge on any atom is -0.493 e. The lowest BCUT2D eigenvalue weighted by Crippen LogP contribution is -2.31. The van der Waals surface area contributed by atoms with Crippen molar-refractivity contribution in [3.63, 3.8) is 0 Å². The van der Waals surface area contributed by atoms with Gasteiger partial charge in [0.25, 0.3) is 0 Å². The number of thiazole rings is 1. The molecule has 0 saturated heterocycles. The highest BCUT2D eigenvalue weighted by Crippen LogP contribution is 2.39. The normalized spacial score (nSPS) is 12.7. The van der Waals surface area contributed by atoms with Crippen LogP contribution in [-0.4, -0.2) is 63.8 Å². The van der Waals surface area contributed by atoms with Crippen LogP contribution in [0.25, 0.3) is 0 Å². The summed E-state index contributed by atoms with van der Waals surface area (Å²) >= 11 is 1.16. The zero-order chi connectivity index (χ0) is 33.7. The van der Waals surface area contributed by atoms with Crippen LogP contribution in [0.2, 0.25) is 0 Å². The summed E-state index contributed by atoms with van der Waals surface area (Å²) in [7, 11) is 0.888. The number of esters is 1. The van der Waals surface area contributed by atoms with E-state index in [9.17, 15) is 13.2 Å². The molecular formula is C31H37N7O7S2. The fourth-order valence-corrected chi connectivity index (χ4v) is 6.60. The van der Waals surface area contributed by atoms with Crippen molar-refractivity contribution >= 4 is 50.0 Å². The fraction of sp³-hybridized carbons (Fsp3) is 0.355. The zero-order valence-electron chi connectivity index (χ0n) is 26.7. The van der Waals surface area contributed by atoms with E-state index in [0.29, 0.717) is 51.9 Å². The third-order valence-electron chi connectivity index (χ3n) is 7.43. The number of carbonyl (C=O) groups is 1. The summed E-state index contributed by atoms with van der Waals surface area (Å²) in [4.78, 5) is 29.2. The molecule has 1 aliphatic rings. The largest absolute Gasteiger partial charge is 0.493 e. The van der Waals surface area contributed by atoms with E-state index in [1.807, 2.05) is 12.1 Å². The lowest BCUT2D eigenvalue weighted by Gasteiger charge is -2.31. The van der Waals surface area contributed by atoms with Gasteiger partial charge >= 0.3 is 5.97 Å². The van der Waals surface area contributed by atoms with Gasteiger partial charge in [0.2, 0.25) is 21.7 Å². The van der Waals surface area contributed by atoms with Gasteiger partial charge in [-0.05, 0) is 62.1 Å². The zero-order valence-corrected chi connectivity index (χ0v) is 28.4. The molecule has 47 heavy (non-hydrogen) atoms. The van der Waals surface area contributed by atoms with E-state index in [0.717, 1.165) is 53.2 Å². The molecule has 0 radical (unpaired) electrons. The van der Waals surface area contributed by atoms with Gasteiger partial charge in [-0.2, -0.15) is 9.97 Å². The number of ether oxygens (including phenoxy) is 4. The topological polar surface area (TPSA) is 180 Å². The molecule has 0 saturated carbocycles. The maximum Gasteiger partial charge on any atom is 0.350 e. The van der Waals surface area contributed by atoms with Crippen molar-refractivity contribution in [2.24, 2.45) is 5.14 Å². The minimum atomic E-state index is -3.80. The molecular weight excluding hydrogens is 647 g/mol. The smallest absolute Gasteiger partial charge is 0.350 e.